The highest BCUT2D eigenvalue weighted by Gasteiger charge is 2.22. The molecule has 1 heterocycles. The zero-order chi connectivity index (χ0) is 13.8. The van der Waals surface area contributed by atoms with E-state index in [0.29, 0.717) is 23.6 Å². The number of carbonyl (C=O) groups excluding carboxylic acids is 1. The summed E-state index contributed by atoms with van der Waals surface area (Å²) < 4.78 is 5.11. The summed E-state index contributed by atoms with van der Waals surface area (Å²) in [5.74, 6) is 0.478. The van der Waals surface area contributed by atoms with Crippen molar-refractivity contribution in [3.05, 3.63) is 16.3 Å². The molecule has 0 aliphatic rings. The summed E-state index contributed by atoms with van der Waals surface area (Å²) in [6.07, 6.45) is 0.280. The van der Waals surface area contributed by atoms with Crippen molar-refractivity contribution in [2.24, 2.45) is 5.41 Å². The Bertz CT molecular complexity index is 399. The second kappa shape index (κ2) is 6.20. The molecule has 18 heavy (non-hydrogen) atoms. The second-order valence-corrected chi connectivity index (χ2v) is 6.13. The van der Waals surface area contributed by atoms with Crippen molar-refractivity contribution < 1.29 is 14.6 Å². The van der Waals surface area contributed by atoms with E-state index in [4.69, 9.17) is 4.74 Å². The van der Waals surface area contributed by atoms with Crippen LogP contribution in [-0.4, -0.2) is 30.8 Å². The Morgan fingerprint density at radius 3 is 2.83 bits per heavy atom. The highest BCUT2D eigenvalue weighted by molar-refractivity contribution is 7.12. The lowest BCUT2D eigenvalue weighted by Crippen LogP contribution is -2.35. The van der Waals surface area contributed by atoms with Gasteiger partial charge in [-0.05, 0) is 30.2 Å². The minimum Gasteiger partial charge on any atom is -0.495 e. The Kier molecular flexibility index (Phi) is 5.16. The fraction of sp³-hybridized carbons (Fsp3) is 0.615. The van der Waals surface area contributed by atoms with Crippen molar-refractivity contribution in [3.63, 3.8) is 0 Å². The fourth-order valence-corrected chi connectivity index (χ4v) is 2.67. The Labute approximate surface area is 112 Å². The van der Waals surface area contributed by atoms with Gasteiger partial charge in [0.25, 0.3) is 5.91 Å². The smallest absolute Gasteiger partial charge is 0.265 e. The van der Waals surface area contributed by atoms with Gasteiger partial charge in [-0.1, -0.05) is 13.8 Å². The van der Waals surface area contributed by atoms with Crippen LogP contribution in [0.2, 0.25) is 0 Å². The van der Waals surface area contributed by atoms with Gasteiger partial charge in [-0.15, -0.1) is 11.3 Å². The van der Waals surface area contributed by atoms with Crippen LogP contribution in [-0.2, 0) is 0 Å². The van der Waals surface area contributed by atoms with Crippen LogP contribution in [0.3, 0.4) is 0 Å². The SMILES string of the molecule is COc1ccsc1C(=O)NCC(C)(C)CC(C)O. The molecule has 0 aliphatic carbocycles. The molecule has 102 valence electrons. The Morgan fingerprint density at radius 1 is 1.61 bits per heavy atom. The molecule has 0 fully saturated rings. The maximum Gasteiger partial charge on any atom is 0.265 e. The molecular formula is C13H21NO3S. The Balaban J connectivity index is 2.56. The average Bonchev–Trinajstić information content (AvgIpc) is 2.72. The van der Waals surface area contributed by atoms with Gasteiger partial charge in [0.2, 0.25) is 0 Å². The van der Waals surface area contributed by atoms with E-state index in [1.54, 1.807) is 20.1 Å². The van der Waals surface area contributed by atoms with Gasteiger partial charge in [-0.3, -0.25) is 4.79 Å². The quantitative estimate of drug-likeness (QED) is 0.834. The lowest BCUT2D eigenvalue weighted by molar-refractivity contribution is 0.0903. The Hall–Kier alpha value is -1.07. The molecule has 0 saturated carbocycles. The number of nitrogens with one attached hydrogen (secondary N) is 1. The number of methoxy groups -OCH3 is 1. The monoisotopic (exact) mass is 271 g/mol. The van der Waals surface area contributed by atoms with E-state index in [1.807, 2.05) is 19.2 Å². The van der Waals surface area contributed by atoms with Crippen LogP contribution in [0.5, 0.6) is 5.75 Å². The molecule has 1 aromatic rings. The fourth-order valence-electron chi connectivity index (χ4n) is 1.90. The van der Waals surface area contributed by atoms with Gasteiger partial charge in [0.15, 0.2) is 0 Å². The molecule has 1 atom stereocenters. The summed E-state index contributed by atoms with van der Waals surface area (Å²) >= 11 is 1.36. The van der Waals surface area contributed by atoms with Crippen LogP contribution < -0.4 is 10.1 Å². The number of aliphatic hydroxyl groups is 1. The third-order valence-electron chi connectivity index (χ3n) is 2.63. The molecule has 4 nitrogen and oxygen atoms in total. The van der Waals surface area contributed by atoms with Crippen molar-refractivity contribution in [2.75, 3.05) is 13.7 Å². The number of ether oxygens (including phenoxy) is 1. The number of thiophene rings is 1. The van der Waals surface area contributed by atoms with Gasteiger partial charge in [-0.2, -0.15) is 0 Å². The van der Waals surface area contributed by atoms with Gasteiger partial charge in [0, 0.05) is 6.54 Å². The van der Waals surface area contributed by atoms with Crippen molar-refractivity contribution in [3.8, 4) is 5.75 Å². The maximum atomic E-state index is 12.0. The number of carbonyl (C=O) groups is 1. The average molecular weight is 271 g/mol. The molecule has 0 radical (unpaired) electrons. The van der Waals surface area contributed by atoms with E-state index in [-0.39, 0.29) is 17.4 Å². The van der Waals surface area contributed by atoms with Crippen LogP contribution in [0.4, 0.5) is 0 Å². The third kappa shape index (κ3) is 4.31. The summed E-state index contributed by atoms with van der Waals surface area (Å²) in [4.78, 5) is 12.6. The first-order chi connectivity index (χ1) is 8.35. The van der Waals surface area contributed by atoms with Gasteiger partial charge >= 0.3 is 0 Å². The predicted octanol–water partition coefficient (Wildman–Crippen LogP) is 2.28. The Morgan fingerprint density at radius 2 is 2.28 bits per heavy atom. The number of amides is 1. The molecule has 2 N–H and O–H groups in total. The molecule has 0 spiro atoms. The number of aliphatic hydroxyl groups excluding tert-OH is 1. The van der Waals surface area contributed by atoms with E-state index in [9.17, 15) is 9.90 Å². The summed E-state index contributed by atoms with van der Waals surface area (Å²) in [6, 6.07) is 1.78. The normalized spacial score (nSPS) is 13.2. The van der Waals surface area contributed by atoms with Crippen molar-refractivity contribution in [2.45, 2.75) is 33.3 Å². The molecule has 0 aliphatic heterocycles. The summed E-state index contributed by atoms with van der Waals surface area (Å²) in [7, 11) is 1.55. The topological polar surface area (TPSA) is 58.6 Å². The van der Waals surface area contributed by atoms with Gasteiger partial charge < -0.3 is 15.2 Å². The first-order valence-electron chi connectivity index (χ1n) is 5.93. The zero-order valence-electron chi connectivity index (χ0n) is 11.3. The van der Waals surface area contributed by atoms with E-state index in [1.165, 1.54) is 11.3 Å². The highest BCUT2D eigenvalue weighted by Crippen LogP contribution is 2.25. The van der Waals surface area contributed by atoms with Crippen LogP contribution >= 0.6 is 11.3 Å². The standard InChI is InChI=1S/C13H21NO3S/c1-9(15)7-13(2,3)8-14-12(16)11-10(17-4)5-6-18-11/h5-6,9,15H,7-8H2,1-4H3,(H,14,16). The number of rotatable bonds is 6. The van der Waals surface area contributed by atoms with Crippen LogP contribution in [0.1, 0.15) is 36.9 Å². The molecule has 1 amide bonds. The summed E-state index contributed by atoms with van der Waals surface area (Å²) in [5.41, 5.74) is -0.131. The molecule has 1 aromatic heterocycles. The van der Waals surface area contributed by atoms with E-state index in [0.717, 1.165) is 0 Å². The number of hydrogen-bond acceptors (Lipinski definition) is 4. The largest absolute Gasteiger partial charge is 0.495 e. The first-order valence-corrected chi connectivity index (χ1v) is 6.81. The lowest BCUT2D eigenvalue weighted by atomic mass is 9.87. The lowest BCUT2D eigenvalue weighted by Gasteiger charge is -2.26. The van der Waals surface area contributed by atoms with Gasteiger partial charge in [0.05, 0.1) is 13.2 Å². The predicted molar refractivity (Wildman–Crippen MR) is 73.3 cm³/mol. The highest BCUT2D eigenvalue weighted by atomic mass is 32.1. The van der Waals surface area contributed by atoms with Gasteiger partial charge in [-0.25, -0.2) is 0 Å². The van der Waals surface area contributed by atoms with Crippen molar-refractivity contribution >= 4 is 17.2 Å². The molecule has 1 unspecified atom stereocenters. The third-order valence-corrected chi connectivity index (χ3v) is 3.53. The first kappa shape index (κ1) is 15.0. The van der Waals surface area contributed by atoms with E-state index >= 15 is 0 Å². The van der Waals surface area contributed by atoms with Gasteiger partial charge in [0.1, 0.15) is 10.6 Å². The zero-order valence-corrected chi connectivity index (χ0v) is 12.1. The van der Waals surface area contributed by atoms with Crippen LogP contribution in [0.15, 0.2) is 11.4 Å². The van der Waals surface area contributed by atoms with Crippen LogP contribution in [0, 0.1) is 5.41 Å². The van der Waals surface area contributed by atoms with E-state index in [2.05, 4.69) is 5.32 Å². The number of hydrogen-bond donors (Lipinski definition) is 2. The molecule has 0 saturated heterocycles. The second-order valence-electron chi connectivity index (χ2n) is 5.22. The van der Waals surface area contributed by atoms with Crippen molar-refractivity contribution in [1.82, 2.24) is 5.32 Å². The minimum atomic E-state index is -0.367. The molecule has 1 rings (SSSR count). The molecule has 5 heteroatoms. The molecule has 0 bridgehead atoms. The van der Waals surface area contributed by atoms with Crippen LogP contribution in [0.25, 0.3) is 0 Å². The molecule has 0 aromatic carbocycles. The van der Waals surface area contributed by atoms with Crippen molar-refractivity contribution in [1.29, 1.82) is 0 Å². The summed E-state index contributed by atoms with van der Waals surface area (Å²) in [6.45, 7) is 6.32. The van der Waals surface area contributed by atoms with E-state index < -0.39 is 0 Å². The summed E-state index contributed by atoms with van der Waals surface area (Å²) in [5, 5.41) is 14.1. The minimum absolute atomic E-state index is 0.125. The molecular weight excluding hydrogens is 250 g/mol. The maximum absolute atomic E-state index is 12.0.